The monoisotopic (exact) mass is 619 g/mol. The fraction of sp³-hybridized carbons (Fsp3) is 0.444. The second-order valence-corrected chi connectivity index (χ2v) is 13.8. The molecule has 0 bridgehead atoms. The van der Waals surface area contributed by atoms with Crippen molar-refractivity contribution in [1.82, 2.24) is 30.0 Å². The van der Waals surface area contributed by atoms with E-state index in [0.29, 0.717) is 30.0 Å². The summed E-state index contributed by atoms with van der Waals surface area (Å²) < 4.78 is 0. The van der Waals surface area contributed by atoms with E-state index in [0.717, 1.165) is 40.7 Å². The van der Waals surface area contributed by atoms with Crippen molar-refractivity contribution in [3.05, 3.63) is 82.7 Å². The number of aromatic nitrogens is 4. The molecule has 3 aliphatic rings. The highest BCUT2D eigenvalue weighted by atomic mass is 16.2. The van der Waals surface area contributed by atoms with Crippen molar-refractivity contribution in [1.29, 1.82) is 0 Å². The lowest BCUT2D eigenvalue weighted by atomic mass is 9.73. The normalized spacial score (nSPS) is 18.5. The minimum Gasteiger partial charge on any atom is -0.381 e. The molecule has 5 N–H and O–H groups in total. The van der Waals surface area contributed by atoms with Gasteiger partial charge in [-0.25, -0.2) is 9.97 Å². The van der Waals surface area contributed by atoms with E-state index >= 15 is 0 Å². The van der Waals surface area contributed by atoms with Crippen molar-refractivity contribution < 1.29 is 4.79 Å². The number of fused-ring (bicyclic) bond motifs is 3. The van der Waals surface area contributed by atoms with Crippen LogP contribution in [-0.4, -0.2) is 68.1 Å². The summed E-state index contributed by atoms with van der Waals surface area (Å²) in [4.78, 5) is 27.3. The fourth-order valence-electron chi connectivity index (χ4n) is 7.47. The Morgan fingerprint density at radius 3 is 2.37 bits per heavy atom. The van der Waals surface area contributed by atoms with Gasteiger partial charge in [0.05, 0.1) is 5.69 Å². The quantitative estimate of drug-likeness (QED) is 0.201. The van der Waals surface area contributed by atoms with E-state index in [4.69, 9.17) is 5.73 Å². The summed E-state index contributed by atoms with van der Waals surface area (Å²) >= 11 is 0. The lowest BCUT2D eigenvalue weighted by molar-refractivity contribution is 0.0896. The van der Waals surface area contributed by atoms with Gasteiger partial charge in [-0.3, -0.25) is 14.8 Å². The van der Waals surface area contributed by atoms with Crippen LogP contribution in [0.3, 0.4) is 0 Å². The first-order chi connectivity index (χ1) is 22.3. The molecule has 0 spiro atoms. The Morgan fingerprint density at radius 1 is 0.935 bits per heavy atom. The van der Waals surface area contributed by atoms with Gasteiger partial charge in [-0.05, 0) is 105 Å². The topological polar surface area (TPSA) is 128 Å². The van der Waals surface area contributed by atoms with E-state index in [1.54, 1.807) is 6.20 Å². The van der Waals surface area contributed by atoms with E-state index in [1.165, 1.54) is 63.8 Å². The zero-order valence-corrected chi connectivity index (χ0v) is 27.0. The van der Waals surface area contributed by atoms with Gasteiger partial charge in [0.25, 0.3) is 5.91 Å². The highest BCUT2D eigenvalue weighted by Gasteiger charge is 2.38. The van der Waals surface area contributed by atoms with Crippen LogP contribution in [0.4, 0.5) is 17.3 Å². The number of benzene rings is 2. The van der Waals surface area contributed by atoms with Gasteiger partial charge in [0.2, 0.25) is 5.95 Å². The maximum atomic E-state index is 13.4. The van der Waals surface area contributed by atoms with Crippen LogP contribution in [0.25, 0.3) is 11.4 Å². The predicted octanol–water partition coefficient (Wildman–Crippen LogP) is 5.60. The molecule has 2 aromatic carbocycles. The molecular weight excluding hydrogens is 574 g/mol. The minimum absolute atomic E-state index is 0.193. The molecule has 7 rings (SSSR count). The van der Waals surface area contributed by atoms with Gasteiger partial charge in [0.1, 0.15) is 11.4 Å². The van der Waals surface area contributed by atoms with E-state index in [1.807, 2.05) is 24.3 Å². The summed E-state index contributed by atoms with van der Waals surface area (Å²) in [5, 5.41) is 14.0. The summed E-state index contributed by atoms with van der Waals surface area (Å²) in [5.41, 5.74) is 13.5. The summed E-state index contributed by atoms with van der Waals surface area (Å²) in [6, 6.07) is 17.6. The molecule has 0 unspecified atom stereocenters. The van der Waals surface area contributed by atoms with Crippen molar-refractivity contribution in [2.24, 2.45) is 0 Å². The third-order valence-electron chi connectivity index (χ3n) is 9.94. The second kappa shape index (κ2) is 12.8. The number of amides is 1. The van der Waals surface area contributed by atoms with Gasteiger partial charge in [-0.15, -0.1) is 0 Å². The molecule has 1 aliphatic carbocycles. The molecule has 4 aromatic rings. The van der Waals surface area contributed by atoms with Crippen molar-refractivity contribution in [3.63, 3.8) is 0 Å². The van der Waals surface area contributed by atoms with Crippen LogP contribution in [0.15, 0.2) is 54.7 Å². The first-order valence-electron chi connectivity index (χ1n) is 16.7. The Labute approximate surface area is 271 Å². The number of piperidine rings is 2. The number of nitrogens with zero attached hydrogens (tertiary/aromatic N) is 5. The molecule has 10 nitrogen and oxygen atoms in total. The van der Waals surface area contributed by atoms with Crippen molar-refractivity contribution >= 4 is 23.2 Å². The molecule has 2 fully saturated rings. The largest absolute Gasteiger partial charge is 0.381 e. The minimum atomic E-state index is -0.320. The average molecular weight is 620 g/mol. The maximum Gasteiger partial charge on any atom is 0.273 e. The van der Waals surface area contributed by atoms with E-state index in [2.05, 4.69) is 78.7 Å². The molecule has 0 radical (unpaired) electrons. The number of anilines is 3. The Kier molecular flexibility index (Phi) is 8.48. The second-order valence-electron chi connectivity index (χ2n) is 13.8. The molecular formula is C36H45N9O. The van der Waals surface area contributed by atoms with Gasteiger partial charge >= 0.3 is 0 Å². The molecule has 0 atom stereocenters. The Bertz CT molecular complexity index is 1660. The molecule has 2 saturated heterocycles. The van der Waals surface area contributed by atoms with Gasteiger partial charge in [-0.2, -0.15) is 5.10 Å². The number of hydrogen-bond acceptors (Lipinski definition) is 8. The number of nitrogen functional groups attached to an aromatic ring is 1. The van der Waals surface area contributed by atoms with Crippen LogP contribution in [0, 0.1) is 0 Å². The standard InChI is InChI=1S/C36H45N9O/c1-36(2)20-26-22-39-35(37)41-31(26)32-30(36)33(43-42-32)34(46)40-28-12-6-24(7-13-28)21-38-27-10-8-25(9-11-27)23-44-18-14-29(15-19-44)45-16-4-3-5-17-45/h6-13,22,29,38H,3-5,14-21,23H2,1-2H3,(H,40,46)(H,42,43)(H2,37,39,41). The maximum absolute atomic E-state index is 13.4. The van der Waals surface area contributed by atoms with Crippen LogP contribution in [-0.2, 0) is 24.9 Å². The first-order valence-corrected chi connectivity index (χ1v) is 16.7. The molecule has 0 saturated carbocycles. The number of H-pyrrole nitrogens is 1. The Hall–Kier alpha value is -4.28. The average Bonchev–Trinajstić information content (AvgIpc) is 3.54. The summed E-state index contributed by atoms with van der Waals surface area (Å²) in [7, 11) is 0. The predicted molar refractivity (Wildman–Crippen MR) is 183 cm³/mol. The highest BCUT2D eigenvalue weighted by Crippen LogP contribution is 2.42. The molecule has 4 heterocycles. The lowest BCUT2D eigenvalue weighted by Gasteiger charge is -2.40. The Morgan fingerprint density at radius 2 is 1.63 bits per heavy atom. The number of rotatable bonds is 8. The number of carbonyl (C=O) groups is 1. The molecule has 10 heteroatoms. The van der Waals surface area contributed by atoms with Gasteiger partial charge in [0, 0.05) is 42.3 Å². The summed E-state index contributed by atoms with van der Waals surface area (Å²) in [6.07, 6.45) is 9.20. The number of nitrogens with two attached hydrogens (primary N) is 1. The van der Waals surface area contributed by atoms with Gasteiger partial charge in [0.15, 0.2) is 0 Å². The number of likely N-dealkylation sites (tertiary alicyclic amines) is 2. The van der Waals surface area contributed by atoms with Gasteiger partial charge in [-0.1, -0.05) is 44.5 Å². The van der Waals surface area contributed by atoms with Crippen LogP contribution < -0.4 is 16.4 Å². The number of hydrogen-bond donors (Lipinski definition) is 4. The van der Waals surface area contributed by atoms with Gasteiger partial charge < -0.3 is 21.3 Å². The first kappa shape index (κ1) is 30.4. The third kappa shape index (κ3) is 6.50. The van der Waals surface area contributed by atoms with Crippen LogP contribution in [0.1, 0.15) is 78.7 Å². The van der Waals surface area contributed by atoms with Crippen molar-refractivity contribution in [2.45, 2.75) is 76.9 Å². The SMILES string of the molecule is CC1(C)Cc2cnc(N)nc2-c2n[nH]c(C(=O)Nc3ccc(CNc4ccc(CN5CCC(N6CCCCC6)CC5)cc4)cc3)c21. The zero-order chi connectivity index (χ0) is 31.7. The van der Waals surface area contributed by atoms with E-state index in [-0.39, 0.29) is 17.3 Å². The van der Waals surface area contributed by atoms with Crippen LogP contribution >= 0.6 is 0 Å². The Balaban J connectivity index is 0.907. The third-order valence-corrected chi connectivity index (χ3v) is 9.94. The molecule has 2 aromatic heterocycles. The molecule has 1 amide bonds. The molecule has 240 valence electrons. The van der Waals surface area contributed by atoms with Crippen LogP contribution in [0.5, 0.6) is 0 Å². The number of nitrogens with one attached hydrogen (secondary N) is 3. The van der Waals surface area contributed by atoms with Crippen molar-refractivity contribution in [2.75, 3.05) is 42.5 Å². The summed E-state index contributed by atoms with van der Waals surface area (Å²) in [5.74, 6) is -0.0384. The van der Waals surface area contributed by atoms with Crippen LogP contribution in [0.2, 0.25) is 0 Å². The molecule has 2 aliphatic heterocycles. The number of aromatic amines is 1. The fourth-order valence-corrected chi connectivity index (χ4v) is 7.47. The van der Waals surface area contributed by atoms with Crippen molar-refractivity contribution in [3.8, 4) is 11.4 Å². The lowest BCUT2D eigenvalue weighted by Crippen LogP contribution is -2.46. The zero-order valence-electron chi connectivity index (χ0n) is 27.0. The van der Waals surface area contributed by atoms with E-state index in [9.17, 15) is 4.79 Å². The highest BCUT2D eigenvalue weighted by molar-refractivity contribution is 6.05. The smallest absolute Gasteiger partial charge is 0.273 e. The number of carbonyl (C=O) groups excluding carboxylic acids is 1. The molecule has 46 heavy (non-hydrogen) atoms. The summed E-state index contributed by atoms with van der Waals surface area (Å²) in [6.45, 7) is 10.9. The van der Waals surface area contributed by atoms with E-state index < -0.39 is 0 Å².